The van der Waals surface area contributed by atoms with Gasteiger partial charge in [-0.25, -0.2) is 0 Å². The maximum absolute atomic E-state index is 3.97. The van der Waals surface area contributed by atoms with Gasteiger partial charge in [-0.15, -0.1) is 0 Å². The Hall–Kier alpha value is -0.990. The number of nitrogens with zero attached hydrogens (tertiary/aromatic N) is 2. The summed E-state index contributed by atoms with van der Waals surface area (Å²) >= 11 is 0. The van der Waals surface area contributed by atoms with Crippen molar-refractivity contribution < 1.29 is 0 Å². The molecule has 1 aromatic heterocycles. The minimum absolute atomic E-state index is 0.531. The molecule has 0 aliphatic rings. The summed E-state index contributed by atoms with van der Waals surface area (Å²) in [7, 11) is 0. The maximum Gasteiger partial charge on any atom is 0.115 e. The molecule has 0 aromatic carbocycles. The van der Waals surface area contributed by atoms with Gasteiger partial charge >= 0.3 is 0 Å². The van der Waals surface area contributed by atoms with Crippen molar-refractivity contribution in [3.8, 4) is 0 Å². The zero-order valence-electron chi connectivity index (χ0n) is 7.75. The molecule has 0 aliphatic carbocycles. The van der Waals surface area contributed by atoms with Crippen molar-refractivity contribution in [1.29, 1.82) is 0 Å². The first-order valence-corrected chi connectivity index (χ1v) is 4.55. The van der Waals surface area contributed by atoms with Crippen molar-refractivity contribution in [1.82, 2.24) is 9.89 Å². The summed E-state index contributed by atoms with van der Waals surface area (Å²) in [5, 5.41) is 3.97. The summed E-state index contributed by atoms with van der Waals surface area (Å²) < 4.78 is 0. The molecule has 0 bridgehead atoms. The predicted molar refractivity (Wildman–Crippen MR) is 49.4 cm³/mol. The minimum Gasteiger partial charge on any atom is -0.307 e. The topological polar surface area (TPSA) is 29.9 Å². The summed E-state index contributed by atoms with van der Waals surface area (Å²) in [6, 6.07) is 2.33. The second-order valence-corrected chi connectivity index (χ2v) is 2.91. The summed E-state index contributed by atoms with van der Waals surface area (Å²) in [6.45, 7) is 4.38. The minimum atomic E-state index is 0.531. The van der Waals surface area contributed by atoms with E-state index in [1.54, 1.807) is 10.9 Å². The van der Waals surface area contributed by atoms with E-state index in [0.717, 1.165) is 6.42 Å². The molecule has 67 valence electrons. The average Bonchev–Trinajstić information content (AvgIpc) is 2.56. The number of nitrogens with one attached hydrogen (secondary N) is 1. The molecule has 1 heterocycles. The smallest absolute Gasteiger partial charge is 0.115 e. The first-order chi connectivity index (χ1) is 5.86. The third kappa shape index (κ3) is 2.57. The van der Waals surface area contributed by atoms with E-state index in [1.807, 2.05) is 6.20 Å². The lowest BCUT2D eigenvalue weighted by atomic mass is 10.1. The zero-order chi connectivity index (χ0) is 8.81. The van der Waals surface area contributed by atoms with Crippen LogP contribution in [0.15, 0.2) is 12.3 Å². The van der Waals surface area contributed by atoms with Crippen LogP contribution in [0.4, 0.5) is 0 Å². The number of aromatic nitrogens is 2. The molecule has 1 aromatic rings. The molecular weight excluding hydrogens is 150 g/mol. The van der Waals surface area contributed by atoms with E-state index in [9.17, 15) is 0 Å². The van der Waals surface area contributed by atoms with Gasteiger partial charge in [-0.2, -0.15) is 9.89 Å². The van der Waals surface area contributed by atoms with Gasteiger partial charge in [0, 0.05) is 12.2 Å². The molecule has 0 saturated carbocycles. The third-order valence-corrected chi connectivity index (χ3v) is 1.90. The van der Waals surface area contributed by atoms with Crippen molar-refractivity contribution >= 4 is 0 Å². The molecule has 1 atom stereocenters. The van der Waals surface area contributed by atoms with Crippen LogP contribution in [0.2, 0.25) is 0 Å². The lowest BCUT2D eigenvalue weighted by Crippen LogP contribution is -2.27. The van der Waals surface area contributed by atoms with Gasteiger partial charge in [0.25, 0.3) is 0 Å². The van der Waals surface area contributed by atoms with Crippen LogP contribution in [0.5, 0.6) is 0 Å². The summed E-state index contributed by atoms with van der Waals surface area (Å²) in [5.41, 5.74) is 3.28. The maximum atomic E-state index is 3.97. The fraction of sp³-hybridized carbons (Fsp3) is 0.667. The zero-order valence-corrected chi connectivity index (χ0v) is 7.75. The van der Waals surface area contributed by atoms with Crippen molar-refractivity contribution in [2.24, 2.45) is 0 Å². The molecule has 1 radical (unpaired) electrons. The van der Waals surface area contributed by atoms with Crippen LogP contribution in [-0.4, -0.2) is 15.9 Å². The van der Waals surface area contributed by atoms with Gasteiger partial charge in [-0.05, 0) is 18.9 Å². The molecule has 0 saturated heterocycles. The molecule has 1 rings (SSSR count). The summed E-state index contributed by atoms with van der Waals surface area (Å²) in [4.78, 5) is 1.73. The Morgan fingerprint density at radius 1 is 1.58 bits per heavy atom. The Morgan fingerprint density at radius 2 is 2.42 bits per heavy atom. The highest BCUT2D eigenvalue weighted by molar-refractivity contribution is 4.84. The van der Waals surface area contributed by atoms with Gasteiger partial charge in [0.2, 0.25) is 0 Å². The van der Waals surface area contributed by atoms with Gasteiger partial charge in [0.1, 0.15) is 6.20 Å². The molecular formula is C9H16N3. The van der Waals surface area contributed by atoms with Crippen LogP contribution in [-0.2, 0) is 0 Å². The van der Waals surface area contributed by atoms with E-state index in [2.05, 4.69) is 30.6 Å². The second kappa shape index (κ2) is 4.80. The van der Waals surface area contributed by atoms with Crippen LogP contribution in [0.1, 0.15) is 33.1 Å². The standard InChI is InChI=1S/C9H16N3/c1-3-6-9(4-2)11-12-8-5-7-10-12/h5,8-9,11H,3-4,6H2,1-2H3. The molecule has 1 unspecified atom stereocenters. The molecule has 1 N–H and O–H groups in total. The van der Waals surface area contributed by atoms with Crippen LogP contribution in [0.25, 0.3) is 0 Å². The van der Waals surface area contributed by atoms with E-state index >= 15 is 0 Å². The van der Waals surface area contributed by atoms with Crippen LogP contribution >= 0.6 is 0 Å². The molecule has 0 spiro atoms. The molecule has 0 amide bonds. The molecule has 3 heteroatoms. The van der Waals surface area contributed by atoms with Gasteiger partial charge in [0.15, 0.2) is 0 Å². The molecule has 3 nitrogen and oxygen atoms in total. The third-order valence-electron chi connectivity index (χ3n) is 1.90. The van der Waals surface area contributed by atoms with Crippen LogP contribution < -0.4 is 5.43 Å². The van der Waals surface area contributed by atoms with Crippen molar-refractivity contribution in [3.05, 3.63) is 18.5 Å². The predicted octanol–water partition coefficient (Wildman–Crippen LogP) is 1.81. The number of hydrogen-bond acceptors (Lipinski definition) is 2. The second-order valence-electron chi connectivity index (χ2n) is 2.91. The van der Waals surface area contributed by atoms with Gasteiger partial charge in [-0.3, -0.25) is 0 Å². The highest BCUT2D eigenvalue weighted by Crippen LogP contribution is 2.01. The van der Waals surface area contributed by atoms with E-state index in [1.165, 1.54) is 12.8 Å². The Labute approximate surface area is 73.7 Å². The van der Waals surface area contributed by atoms with Crippen molar-refractivity contribution in [3.63, 3.8) is 0 Å². The molecule has 12 heavy (non-hydrogen) atoms. The highest BCUT2D eigenvalue weighted by Gasteiger charge is 2.03. The Balaban J connectivity index is 2.37. The van der Waals surface area contributed by atoms with Crippen molar-refractivity contribution in [2.45, 2.75) is 39.2 Å². The van der Waals surface area contributed by atoms with E-state index in [-0.39, 0.29) is 0 Å². The quantitative estimate of drug-likeness (QED) is 0.723. The Bertz CT molecular complexity index is 194. The highest BCUT2D eigenvalue weighted by atomic mass is 15.6. The van der Waals surface area contributed by atoms with E-state index in [0.29, 0.717) is 6.04 Å². The fourth-order valence-electron chi connectivity index (χ4n) is 1.20. The number of rotatable bonds is 5. The first kappa shape index (κ1) is 9.10. The van der Waals surface area contributed by atoms with Crippen molar-refractivity contribution in [2.75, 3.05) is 5.43 Å². The normalized spacial score (nSPS) is 12.8. The van der Waals surface area contributed by atoms with E-state index in [4.69, 9.17) is 0 Å². The van der Waals surface area contributed by atoms with Gasteiger partial charge in [0.05, 0.1) is 0 Å². The number of hydrogen-bond donors (Lipinski definition) is 1. The first-order valence-electron chi connectivity index (χ1n) is 4.55. The summed E-state index contributed by atoms with van der Waals surface area (Å²) in [5.74, 6) is 0. The van der Waals surface area contributed by atoms with Gasteiger partial charge in [-0.1, -0.05) is 20.3 Å². The van der Waals surface area contributed by atoms with Crippen LogP contribution in [0, 0.1) is 6.20 Å². The summed E-state index contributed by atoms with van der Waals surface area (Å²) in [6.07, 6.45) is 8.15. The lowest BCUT2D eigenvalue weighted by molar-refractivity contribution is 0.543. The fourth-order valence-corrected chi connectivity index (χ4v) is 1.20. The molecule has 0 aliphatic heterocycles. The monoisotopic (exact) mass is 166 g/mol. The largest absolute Gasteiger partial charge is 0.307 e. The Kier molecular flexibility index (Phi) is 3.64. The molecule has 0 fully saturated rings. The average molecular weight is 166 g/mol. The van der Waals surface area contributed by atoms with E-state index < -0.39 is 0 Å². The van der Waals surface area contributed by atoms with Crippen LogP contribution in [0.3, 0.4) is 0 Å². The Morgan fingerprint density at radius 3 is 2.92 bits per heavy atom. The van der Waals surface area contributed by atoms with Gasteiger partial charge < -0.3 is 5.43 Å². The lowest BCUT2D eigenvalue weighted by Gasteiger charge is -2.16. The SMILES string of the molecule is CCCC(CC)Nn1cc[c]n1.